The van der Waals surface area contributed by atoms with Gasteiger partial charge in [0.15, 0.2) is 0 Å². The van der Waals surface area contributed by atoms with Crippen LogP contribution in [0.2, 0.25) is 0 Å². The third kappa shape index (κ3) is 2.85. The van der Waals surface area contributed by atoms with Crippen LogP contribution in [-0.2, 0) is 16.6 Å². The van der Waals surface area contributed by atoms with Crippen LogP contribution in [-0.4, -0.2) is 13.5 Å². The van der Waals surface area contributed by atoms with E-state index in [1.807, 2.05) is 6.07 Å². The molecule has 0 atom stereocenters. The van der Waals surface area contributed by atoms with Gasteiger partial charge < -0.3 is 5.11 Å². The lowest BCUT2D eigenvalue weighted by atomic mass is 10.3. The van der Waals surface area contributed by atoms with Crippen molar-refractivity contribution in [2.24, 2.45) is 0 Å². The highest BCUT2D eigenvalue weighted by molar-refractivity contribution is 7.92. The van der Waals surface area contributed by atoms with Crippen molar-refractivity contribution in [2.45, 2.75) is 11.5 Å². The van der Waals surface area contributed by atoms with Crippen molar-refractivity contribution >= 4 is 27.0 Å². The van der Waals surface area contributed by atoms with Gasteiger partial charge in [0.1, 0.15) is 0 Å². The standard InChI is InChI=1S/C11H11NO3S2/c13-7-10-6-11(8-16-10)17(14,15)12-9-4-2-1-3-5-9/h1-6,8,12-13H,7H2. The number of thiophene rings is 1. The third-order valence-corrected chi connectivity index (χ3v) is 4.55. The molecule has 0 spiro atoms. The lowest BCUT2D eigenvalue weighted by molar-refractivity contribution is 0.285. The summed E-state index contributed by atoms with van der Waals surface area (Å²) in [7, 11) is -3.55. The van der Waals surface area contributed by atoms with Crippen molar-refractivity contribution in [2.75, 3.05) is 4.72 Å². The predicted molar refractivity (Wildman–Crippen MR) is 67.5 cm³/mol. The van der Waals surface area contributed by atoms with E-state index in [4.69, 9.17) is 5.11 Å². The molecule has 0 fully saturated rings. The third-order valence-electron chi connectivity index (χ3n) is 2.12. The van der Waals surface area contributed by atoms with Crippen LogP contribution in [0.15, 0.2) is 46.7 Å². The summed E-state index contributed by atoms with van der Waals surface area (Å²) in [5.74, 6) is 0. The Morgan fingerprint density at radius 2 is 1.94 bits per heavy atom. The summed E-state index contributed by atoms with van der Waals surface area (Å²) in [4.78, 5) is 0.800. The number of hydrogen-bond acceptors (Lipinski definition) is 4. The van der Waals surface area contributed by atoms with Crippen molar-refractivity contribution in [3.8, 4) is 0 Å². The van der Waals surface area contributed by atoms with Gasteiger partial charge in [-0.3, -0.25) is 4.72 Å². The summed E-state index contributed by atoms with van der Waals surface area (Å²) in [5, 5.41) is 10.4. The molecule has 1 heterocycles. The number of aliphatic hydroxyl groups excluding tert-OH is 1. The number of nitrogens with one attached hydrogen (secondary N) is 1. The van der Waals surface area contributed by atoms with Crippen LogP contribution in [0.5, 0.6) is 0 Å². The Bertz CT molecular complexity index is 590. The van der Waals surface area contributed by atoms with Gasteiger partial charge in [-0.25, -0.2) is 8.42 Å². The van der Waals surface area contributed by atoms with E-state index in [1.54, 1.807) is 24.3 Å². The maximum atomic E-state index is 11.9. The van der Waals surface area contributed by atoms with Gasteiger partial charge in [-0.1, -0.05) is 18.2 Å². The minimum Gasteiger partial charge on any atom is -0.391 e. The van der Waals surface area contributed by atoms with E-state index in [-0.39, 0.29) is 11.5 Å². The molecule has 1 aromatic carbocycles. The minimum absolute atomic E-state index is 0.147. The Kier molecular flexibility index (Phi) is 3.46. The topological polar surface area (TPSA) is 66.4 Å². The second-order valence-electron chi connectivity index (χ2n) is 3.38. The van der Waals surface area contributed by atoms with Crippen molar-refractivity contribution in [1.29, 1.82) is 0 Å². The van der Waals surface area contributed by atoms with Crippen LogP contribution >= 0.6 is 11.3 Å². The van der Waals surface area contributed by atoms with Crippen LogP contribution in [0, 0.1) is 0 Å². The Labute approximate surface area is 104 Å². The molecule has 0 bridgehead atoms. The summed E-state index contributed by atoms with van der Waals surface area (Å²) >= 11 is 1.22. The molecule has 0 aliphatic heterocycles. The Morgan fingerprint density at radius 3 is 2.53 bits per heavy atom. The molecule has 0 aliphatic carbocycles. The average molecular weight is 269 g/mol. The van der Waals surface area contributed by atoms with Gasteiger partial charge in [0.05, 0.1) is 11.5 Å². The molecule has 4 nitrogen and oxygen atoms in total. The molecule has 2 N–H and O–H groups in total. The lowest BCUT2D eigenvalue weighted by Crippen LogP contribution is -2.11. The summed E-state index contributed by atoms with van der Waals surface area (Å²) < 4.78 is 26.4. The molecule has 0 saturated carbocycles. The maximum absolute atomic E-state index is 11.9. The summed E-state index contributed by atoms with van der Waals surface area (Å²) in [6, 6.07) is 10.1. The first-order valence-electron chi connectivity index (χ1n) is 4.88. The average Bonchev–Trinajstić information content (AvgIpc) is 2.79. The largest absolute Gasteiger partial charge is 0.391 e. The van der Waals surface area contributed by atoms with Gasteiger partial charge in [-0.2, -0.15) is 0 Å². The highest BCUT2D eigenvalue weighted by atomic mass is 32.2. The van der Waals surface area contributed by atoms with Gasteiger partial charge >= 0.3 is 0 Å². The van der Waals surface area contributed by atoms with Crippen LogP contribution in [0.1, 0.15) is 4.88 Å². The van der Waals surface area contributed by atoms with E-state index < -0.39 is 10.0 Å². The molecule has 6 heteroatoms. The number of hydrogen-bond donors (Lipinski definition) is 2. The van der Waals surface area contributed by atoms with Crippen LogP contribution < -0.4 is 4.72 Å². The Morgan fingerprint density at radius 1 is 1.24 bits per heavy atom. The normalized spacial score (nSPS) is 11.4. The van der Waals surface area contributed by atoms with Gasteiger partial charge in [0, 0.05) is 15.9 Å². The highest BCUT2D eigenvalue weighted by Gasteiger charge is 2.15. The van der Waals surface area contributed by atoms with E-state index >= 15 is 0 Å². The number of benzene rings is 1. The van der Waals surface area contributed by atoms with E-state index in [1.165, 1.54) is 22.8 Å². The smallest absolute Gasteiger partial charge is 0.262 e. The Hall–Kier alpha value is -1.37. The monoisotopic (exact) mass is 269 g/mol. The molecular formula is C11H11NO3S2. The summed E-state index contributed by atoms with van der Waals surface area (Å²) in [6.07, 6.45) is 0. The maximum Gasteiger partial charge on any atom is 0.262 e. The first-order chi connectivity index (χ1) is 8.12. The second-order valence-corrected chi connectivity index (χ2v) is 6.06. The molecule has 17 heavy (non-hydrogen) atoms. The molecule has 2 aromatic rings. The highest BCUT2D eigenvalue weighted by Crippen LogP contribution is 2.21. The second kappa shape index (κ2) is 4.87. The zero-order valence-corrected chi connectivity index (χ0v) is 10.5. The fraction of sp³-hybridized carbons (Fsp3) is 0.0909. The van der Waals surface area contributed by atoms with Gasteiger partial charge in [0.2, 0.25) is 0 Å². The zero-order chi connectivity index (χ0) is 12.3. The zero-order valence-electron chi connectivity index (χ0n) is 8.83. The molecule has 0 saturated heterocycles. The molecule has 1 aromatic heterocycles. The summed E-state index contributed by atoms with van der Waals surface area (Å²) in [6.45, 7) is -0.147. The fourth-order valence-electron chi connectivity index (χ4n) is 1.30. The number of anilines is 1. The lowest BCUT2D eigenvalue weighted by Gasteiger charge is -2.05. The Balaban J connectivity index is 2.25. The molecule has 2 rings (SSSR count). The van der Waals surface area contributed by atoms with Gasteiger partial charge in [0.25, 0.3) is 10.0 Å². The number of aliphatic hydroxyl groups is 1. The number of rotatable bonds is 4. The SMILES string of the molecule is O=S(=O)(Nc1ccccc1)c1csc(CO)c1. The van der Waals surface area contributed by atoms with Crippen molar-refractivity contribution in [3.63, 3.8) is 0 Å². The fourth-order valence-corrected chi connectivity index (χ4v) is 3.50. The molecule has 0 radical (unpaired) electrons. The molecule has 90 valence electrons. The summed E-state index contributed by atoms with van der Waals surface area (Å²) in [5.41, 5.74) is 0.518. The van der Waals surface area contributed by atoms with Crippen molar-refractivity contribution in [3.05, 3.63) is 46.7 Å². The first kappa shape index (κ1) is 12.1. The van der Waals surface area contributed by atoms with E-state index in [0.29, 0.717) is 10.6 Å². The van der Waals surface area contributed by atoms with E-state index in [0.717, 1.165) is 0 Å². The minimum atomic E-state index is -3.55. The van der Waals surface area contributed by atoms with Crippen molar-refractivity contribution < 1.29 is 13.5 Å². The molecule has 0 unspecified atom stereocenters. The van der Waals surface area contributed by atoms with Crippen LogP contribution in [0.3, 0.4) is 0 Å². The quantitative estimate of drug-likeness (QED) is 0.892. The molecule has 0 aliphatic rings. The molecular weight excluding hydrogens is 258 g/mol. The van der Waals surface area contributed by atoms with E-state index in [2.05, 4.69) is 4.72 Å². The van der Waals surface area contributed by atoms with Crippen LogP contribution in [0.25, 0.3) is 0 Å². The van der Waals surface area contributed by atoms with Gasteiger partial charge in [-0.05, 0) is 18.2 Å². The van der Waals surface area contributed by atoms with Gasteiger partial charge in [-0.15, -0.1) is 11.3 Å². The number of sulfonamides is 1. The van der Waals surface area contributed by atoms with Crippen LogP contribution in [0.4, 0.5) is 5.69 Å². The van der Waals surface area contributed by atoms with Crippen molar-refractivity contribution in [1.82, 2.24) is 0 Å². The first-order valence-corrected chi connectivity index (χ1v) is 7.24. The predicted octanol–water partition coefficient (Wildman–Crippen LogP) is 2.04. The molecule has 0 amide bonds. The number of para-hydroxylation sites is 1. The van der Waals surface area contributed by atoms with E-state index in [9.17, 15) is 8.42 Å².